The Hall–Kier alpha value is -4.27. The van der Waals surface area contributed by atoms with Crippen LogP contribution >= 0.6 is 0 Å². The van der Waals surface area contributed by atoms with Gasteiger partial charge in [0.2, 0.25) is 12.0 Å². The minimum Gasteiger partial charge on any atom is -0.449 e. The predicted molar refractivity (Wildman–Crippen MR) is 146 cm³/mol. The molecule has 40 heavy (non-hydrogen) atoms. The number of carbonyl (C=O) groups excluding carboxylic acids is 4. The van der Waals surface area contributed by atoms with Gasteiger partial charge in [-0.25, -0.2) is 4.85 Å². The smallest absolute Gasteiger partial charge is 0.303 e. The van der Waals surface area contributed by atoms with Crippen LogP contribution in [0.15, 0.2) is 42.5 Å². The summed E-state index contributed by atoms with van der Waals surface area (Å²) in [4.78, 5) is 58.2. The molecule has 2 aromatic rings. The summed E-state index contributed by atoms with van der Waals surface area (Å²) in [5.74, 6) is -2.02. The largest absolute Gasteiger partial charge is 0.449 e. The summed E-state index contributed by atoms with van der Waals surface area (Å²) in [5, 5.41) is 2.69. The lowest BCUT2D eigenvalue weighted by Gasteiger charge is -2.35. The first kappa shape index (κ1) is 28.7. The fourth-order valence-corrected chi connectivity index (χ4v) is 4.71. The van der Waals surface area contributed by atoms with Crippen molar-refractivity contribution in [2.24, 2.45) is 0 Å². The lowest BCUT2D eigenvalue weighted by Crippen LogP contribution is -2.56. The maximum absolute atomic E-state index is 13.6. The minimum absolute atomic E-state index is 0.0196. The molecule has 11 nitrogen and oxygen atoms in total. The maximum atomic E-state index is 13.6. The number of nitrogens with zero attached hydrogens (tertiary/aromatic N) is 3. The molecular formula is C29H32N4O7. The van der Waals surface area contributed by atoms with E-state index in [1.54, 1.807) is 41.3 Å². The van der Waals surface area contributed by atoms with Crippen LogP contribution in [-0.4, -0.2) is 80.3 Å². The van der Waals surface area contributed by atoms with Crippen molar-refractivity contribution in [2.45, 2.75) is 38.9 Å². The molecular weight excluding hydrogens is 516 g/mol. The number of carbonyl (C=O) groups is 4. The number of rotatable bonds is 8. The number of anilines is 2. The quantitative estimate of drug-likeness (QED) is 0.398. The van der Waals surface area contributed by atoms with Gasteiger partial charge in [0.25, 0.3) is 11.8 Å². The third kappa shape index (κ3) is 6.83. The van der Waals surface area contributed by atoms with E-state index in [1.807, 2.05) is 13.0 Å². The summed E-state index contributed by atoms with van der Waals surface area (Å²) >= 11 is 0. The molecule has 3 amide bonds. The highest BCUT2D eigenvalue weighted by molar-refractivity contribution is 6.04. The van der Waals surface area contributed by atoms with Gasteiger partial charge in [-0.05, 0) is 41.8 Å². The summed E-state index contributed by atoms with van der Waals surface area (Å²) in [6.45, 7) is 12.8. The maximum Gasteiger partial charge on any atom is 0.303 e. The van der Waals surface area contributed by atoms with Crippen LogP contribution in [0.4, 0.5) is 17.1 Å². The molecule has 0 spiro atoms. The molecule has 2 heterocycles. The predicted octanol–water partition coefficient (Wildman–Crippen LogP) is 2.50. The van der Waals surface area contributed by atoms with Crippen LogP contribution in [0.5, 0.6) is 0 Å². The Labute approximate surface area is 232 Å². The summed E-state index contributed by atoms with van der Waals surface area (Å²) in [6.07, 6.45) is -2.14. The van der Waals surface area contributed by atoms with E-state index in [1.165, 1.54) is 4.90 Å². The van der Waals surface area contributed by atoms with Gasteiger partial charge >= 0.3 is 5.97 Å². The summed E-state index contributed by atoms with van der Waals surface area (Å²) < 4.78 is 16.3. The highest BCUT2D eigenvalue weighted by atomic mass is 16.6. The molecule has 0 bridgehead atoms. The first-order valence-corrected chi connectivity index (χ1v) is 13.2. The Balaban J connectivity index is 1.51. The molecule has 4 rings (SSSR count). The van der Waals surface area contributed by atoms with Crippen LogP contribution in [0.3, 0.4) is 0 Å². The van der Waals surface area contributed by atoms with Gasteiger partial charge < -0.3 is 29.3 Å². The number of aryl methyl sites for hydroxylation is 1. The number of hydrogen-bond acceptors (Lipinski definition) is 7. The third-order valence-electron chi connectivity index (χ3n) is 6.74. The van der Waals surface area contributed by atoms with Gasteiger partial charge in [0.1, 0.15) is 0 Å². The van der Waals surface area contributed by atoms with Crippen molar-refractivity contribution in [3.8, 4) is 0 Å². The average molecular weight is 549 g/mol. The van der Waals surface area contributed by atoms with E-state index < -0.39 is 30.0 Å². The summed E-state index contributed by atoms with van der Waals surface area (Å²) in [7, 11) is 0. The number of morpholine rings is 2. The van der Waals surface area contributed by atoms with Crippen LogP contribution in [-0.2, 0) is 46.2 Å². The highest BCUT2D eigenvalue weighted by Gasteiger charge is 2.42. The monoisotopic (exact) mass is 548 g/mol. The topological polar surface area (TPSA) is 119 Å². The molecule has 2 aromatic carbocycles. The van der Waals surface area contributed by atoms with E-state index in [9.17, 15) is 19.2 Å². The van der Waals surface area contributed by atoms with Crippen molar-refractivity contribution in [3.63, 3.8) is 0 Å². The number of hydrogen-bond donors (Lipinski definition) is 1. The highest BCUT2D eigenvalue weighted by Crippen LogP contribution is 2.26. The molecule has 0 aliphatic carbocycles. The number of ether oxygens (including phenoxy) is 3. The second-order valence-corrected chi connectivity index (χ2v) is 9.45. The average Bonchev–Trinajstić information content (AvgIpc) is 2.96. The van der Waals surface area contributed by atoms with Crippen molar-refractivity contribution >= 4 is 40.8 Å². The zero-order chi connectivity index (χ0) is 28.6. The molecule has 1 N–H and O–H groups in total. The van der Waals surface area contributed by atoms with Crippen molar-refractivity contribution in [3.05, 3.63) is 65.0 Å². The van der Waals surface area contributed by atoms with E-state index in [0.29, 0.717) is 49.8 Å². The van der Waals surface area contributed by atoms with Gasteiger partial charge in [0.05, 0.1) is 32.8 Å². The van der Waals surface area contributed by atoms with Gasteiger partial charge in [0.15, 0.2) is 11.8 Å². The van der Waals surface area contributed by atoms with Gasteiger partial charge in [-0.15, -0.1) is 0 Å². The molecule has 11 heteroatoms. The summed E-state index contributed by atoms with van der Waals surface area (Å²) in [6, 6.07) is 12.0. The molecule has 2 saturated heterocycles. The lowest BCUT2D eigenvalue weighted by molar-refractivity contribution is -0.167. The molecule has 2 fully saturated rings. The van der Waals surface area contributed by atoms with E-state index >= 15 is 0 Å². The second kappa shape index (κ2) is 13.2. The molecule has 210 valence electrons. The van der Waals surface area contributed by atoms with Gasteiger partial charge in [-0.2, -0.15) is 0 Å². The van der Waals surface area contributed by atoms with Crippen LogP contribution < -0.4 is 10.2 Å². The minimum atomic E-state index is -1.54. The molecule has 2 atom stereocenters. The molecule has 0 radical (unpaired) electrons. The van der Waals surface area contributed by atoms with Crippen LogP contribution in [0, 0.1) is 6.57 Å². The Morgan fingerprint density at radius 3 is 2.60 bits per heavy atom. The molecule has 0 saturated carbocycles. The SMILES string of the molecule is [C-]#[N+]c1ccc(NC(=O)[C@H](OC(C)=O)[C@H]2OCCN(c3cccc(CC(=O)N4CCOCC4)c3)C2=O)cc1CC. The zero-order valence-corrected chi connectivity index (χ0v) is 22.6. The van der Waals surface area contributed by atoms with E-state index in [-0.39, 0.29) is 25.5 Å². The van der Waals surface area contributed by atoms with Gasteiger partial charge in [0, 0.05) is 37.9 Å². The first-order valence-electron chi connectivity index (χ1n) is 13.2. The number of benzene rings is 2. The van der Waals surface area contributed by atoms with Crippen molar-refractivity contribution in [2.75, 3.05) is 49.7 Å². The molecule has 2 aliphatic heterocycles. The van der Waals surface area contributed by atoms with Crippen LogP contribution in [0.1, 0.15) is 25.0 Å². The van der Waals surface area contributed by atoms with E-state index in [2.05, 4.69) is 10.2 Å². The fourth-order valence-electron chi connectivity index (χ4n) is 4.71. The third-order valence-corrected chi connectivity index (χ3v) is 6.74. The standard InChI is InChI=1S/C29H32N4O7/c1-4-21-18-22(8-9-24(21)30-3)31-28(36)26(40-19(2)34)27-29(37)33(12-15-39-27)23-7-5-6-20(16-23)17-25(35)32-10-13-38-14-11-32/h5-9,16,18,26-27H,4,10-15,17H2,1-2H3,(H,31,36)/t26-,27-/m1/s1. The lowest BCUT2D eigenvalue weighted by atomic mass is 10.1. The van der Waals surface area contributed by atoms with E-state index in [0.717, 1.165) is 18.1 Å². The van der Waals surface area contributed by atoms with Crippen molar-refractivity contribution in [1.82, 2.24) is 4.90 Å². The fraction of sp³-hybridized carbons (Fsp3) is 0.414. The first-order chi connectivity index (χ1) is 19.3. The summed E-state index contributed by atoms with van der Waals surface area (Å²) in [5.41, 5.74) is 2.93. The zero-order valence-electron chi connectivity index (χ0n) is 22.6. The molecule has 2 aliphatic rings. The second-order valence-electron chi connectivity index (χ2n) is 9.45. The molecule has 0 aromatic heterocycles. The van der Waals surface area contributed by atoms with E-state index in [4.69, 9.17) is 20.8 Å². The van der Waals surface area contributed by atoms with Crippen molar-refractivity contribution in [1.29, 1.82) is 0 Å². The normalized spacial score (nSPS) is 18.0. The number of nitrogens with one attached hydrogen (secondary N) is 1. The van der Waals surface area contributed by atoms with Crippen LogP contribution in [0.25, 0.3) is 4.85 Å². The van der Waals surface area contributed by atoms with Gasteiger partial charge in [-0.1, -0.05) is 25.1 Å². The molecule has 0 unspecified atom stereocenters. The van der Waals surface area contributed by atoms with Crippen molar-refractivity contribution < 1.29 is 33.4 Å². The Kier molecular flexibility index (Phi) is 9.47. The van der Waals surface area contributed by atoms with Gasteiger partial charge in [-0.3, -0.25) is 19.2 Å². The number of amides is 3. The Morgan fingerprint density at radius 2 is 1.90 bits per heavy atom. The number of esters is 1. The Morgan fingerprint density at radius 1 is 1.12 bits per heavy atom. The van der Waals surface area contributed by atoms with Crippen LogP contribution in [0.2, 0.25) is 0 Å². The Bertz CT molecular complexity index is 1320.